The average molecular weight is 1270 g/mol. The summed E-state index contributed by atoms with van der Waals surface area (Å²) >= 11 is 0. The summed E-state index contributed by atoms with van der Waals surface area (Å²) in [5.74, 6) is 7.36. The highest BCUT2D eigenvalue weighted by Gasteiger charge is 2.29. The first kappa shape index (κ1) is 72.6. The zero-order valence-electron chi connectivity index (χ0n) is 59.8. The minimum absolute atomic E-state index is 0.428. The van der Waals surface area contributed by atoms with Crippen LogP contribution in [0.15, 0.2) is 155 Å². The molecule has 0 spiro atoms. The fourth-order valence-corrected chi connectivity index (χ4v) is 17.6. The van der Waals surface area contributed by atoms with Crippen molar-refractivity contribution in [2.75, 3.05) is 0 Å². The maximum Gasteiger partial charge on any atom is 0.0340 e. The van der Waals surface area contributed by atoms with Crippen molar-refractivity contribution in [3.05, 3.63) is 223 Å². The lowest BCUT2D eigenvalue weighted by molar-refractivity contribution is 0.805. The molecule has 0 nitrogen and oxygen atoms in total. The van der Waals surface area contributed by atoms with Gasteiger partial charge in [-0.15, -0.1) is 0 Å². The van der Waals surface area contributed by atoms with Gasteiger partial charge in [-0.05, 0) is 193 Å². The van der Waals surface area contributed by atoms with Gasteiger partial charge in [-0.25, -0.2) is 0 Å². The van der Waals surface area contributed by atoms with Crippen LogP contribution >= 0.6 is 43.2 Å². The van der Waals surface area contributed by atoms with Crippen molar-refractivity contribution in [1.29, 1.82) is 0 Å². The van der Waals surface area contributed by atoms with Gasteiger partial charge in [0, 0.05) is 21.3 Å². The minimum Gasteiger partial charge on any atom is -0.0841 e. The van der Waals surface area contributed by atoms with E-state index in [-0.39, 0.29) is 0 Å². The smallest absolute Gasteiger partial charge is 0.0340 e. The van der Waals surface area contributed by atoms with Gasteiger partial charge in [0.05, 0.1) is 0 Å². The second-order valence-electron chi connectivity index (χ2n) is 29.2. The van der Waals surface area contributed by atoms with Crippen molar-refractivity contribution in [2.45, 2.75) is 258 Å². The molecule has 0 bridgehead atoms. The molecule has 8 rings (SSSR count). The van der Waals surface area contributed by atoms with Crippen LogP contribution in [0.25, 0.3) is 44.5 Å². The normalized spacial score (nSPS) is 12.1. The van der Waals surface area contributed by atoms with E-state index in [0.29, 0.717) is 71.0 Å². The second kappa shape index (κ2) is 32.8. The summed E-state index contributed by atoms with van der Waals surface area (Å²) in [5.41, 5.74) is 31.7. The van der Waals surface area contributed by atoms with Crippen LogP contribution in [0.1, 0.15) is 315 Å². The fourth-order valence-electron chi connectivity index (χ4n) is 12.6. The molecule has 0 N–H and O–H groups in total. The first-order chi connectivity index (χ1) is 42.6. The van der Waals surface area contributed by atoms with Crippen molar-refractivity contribution < 1.29 is 0 Å². The van der Waals surface area contributed by atoms with E-state index in [1.807, 2.05) is 43.2 Å². The molecule has 8 aromatic rings. The zero-order chi connectivity index (χ0) is 66.0. The number of rotatable bonds is 24. The molecule has 0 aromatic heterocycles. The topological polar surface area (TPSA) is 0 Å². The Labute approximate surface area is 565 Å². The van der Waals surface area contributed by atoms with Crippen LogP contribution in [0.4, 0.5) is 0 Å². The van der Waals surface area contributed by atoms with Crippen LogP contribution < -0.4 is 0 Å². The molecule has 480 valence electrons. The van der Waals surface area contributed by atoms with Gasteiger partial charge in [0.2, 0.25) is 0 Å². The molecule has 90 heavy (non-hydrogen) atoms. The summed E-state index contributed by atoms with van der Waals surface area (Å²) in [6.45, 7) is 56.5. The molecule has 0 aliphatic heterocycles. The highest BCUT2D eigenvalue weighted by atomic mass is 33.1. The third-order valence-corrected chi connectivity index (χ3v) is 22.8. The summed E-state index contributed by atoms with van der Waals surface area (Å²) in [5, 5.41) is 0. The van der Waals surface area contributed by atoms with Crippen LogP contribution in [0.5, 0.6) is 0 Å². The van der Waals surface area contributed by atoms with Gasteiger partial charge in [0.25, 0.3) is 0 Å². The first-order valence-corrected chi connectivity index (χ1v) is 38.9. The second-order valence-corrected chi connectivity index (χ2v) is 33.8. The third-order valence-electron chi connectivity index (χ3n) is 18.1. The Morgan fingerprint density at radius 3 is 0.578 bits per heavy atom. The largest absolute Gasteiger partial charge is 0.0841 e. The number of benzene rings is 8. The Bertz CT molecular complexity index is 3080. The first-order valence-electron chi connectivity index (χ1n) is 34.3. The van der Waals surface area contributed by atoms with Crippen LogP contribution in [0.2, 0.25) is 0 Å². The molecule has 0 atom stereocenters. The molecule has 0 saturated heterocycles. The number of hydrogen-bond acceptors (Lipinski definition) is 4. The molecule has 8 aromatic carbocycles. The lowest BCUT2D eigenvalue weighted by atomic mass is 9.79. The van der Waals surface area contributed by atoms with Gasteiger partial charge in [-0.1, -0.05) is 355 Å². The van der Waals surface area contributed by atoms with Gasteiger partial charge in [0.1, 0.15) is 0 Å². The summed E-state index contributed by atoms with van der Waals surface area (Å²) in [6.07, 6.45) is 0. The monoisotopic (exact) mass is 1270 g/mol. The molecule has 0 fully saturated rings. The predicted molar refractivity (Wildman–Crippen MR) is 411 cm³/mol. The maximum absolute atomic E-state index is 2.51. The summed E-state index contributed by atoms with van der Waals surface area (Å²) in [7, 11) is 7.89. The summed E-state index contributed by atoms with van der Waals surface area (Å²) in [4.78, 5) is 2.81. The predicted octanol–water partition coefficient (Wildman–Crippen LogP) is 29.4. The van der Waals surface area contributed by atoms with Crippen molar-refractivity contribution >= 4 is 43.2 Å². The van der Waals surface area contributed by atoms with Crippen molar-refractivity contribution in [2.24, 2.45) is 0 Å². The maximum atomic E-state index is 2.51. The Kier molecular flexibility index (Phi) is 26.5. The molecule has 4 heteroatoms. The van der Waals surface area contributed by atoms with E-state index in [0.717, 1.165) is 11.5 Å². The quantitative estimate of drug-likeness (QED) is 0.0553. The van der Waals surface area contributed by atoms with Gasteiger partial charge in [0.15, 0.2) is 0 Å². The number of hydrogen-bond donors (Lipinski definition) is 0. The Morgan fingerprint density at radius 2 is 0.411 bits per heavy atom. The lowest BCUT2D eigenvalue weighted by Crippen LogP contribution is -2.06. The van der Waals surface area contributed by atoms with Crippen molar-refractivity contribution in [1.82, 2.24) is 0 Å². The van der Waals surface area contributed by atoms with E-state index in [9.17, 15) is 0 Å². The third kappa shape index (κ3) is 17.5. The highest BCUT2D eigenvalue weighted by molar-refractivity contribution is 8.76. The van der Waals surface area contributed by atoms with E-state index in [1.54, 1.807) is 0 Å². The molecular weight excluding hydrogens is 1160 g/mol. The highest BCUT2D eigenvalue weighted by Crippen LogP contribution is 2.54. The molecular formula is C86H112S4. The molecule has 0 saturated carbocycles. The Morgan fingerprint density at radius 1 is 0.222 bits per heavy atom. The van der Waals surface area contributed by atoms with Crippen LogP contribution in [0.3, 0.4) is 0 Å². The SMILES string of the molecule is CC(C)c1cc(C(C)C)c(-c2cccc(-c3c(C(C)C)cc(C(C)C)cc3C(C)C)c2SSCc2ccccc2)c(C(C)C)c1.CC(C)c1cc(C(C)C)c(-c2cccc(-c3c(C(C)C)cc(C(C)C)cc3C(C)C)c2SSCc2ccccc2)c(C(C)C)c1. The van der Waals surface area contributed by atoms with E-state index >= 15 is 0 Å². The molecule has 0 aliphatic carbocycles. The molecule has 0 aliphatic rings. The Hall–Kier alpha value is -4.84. The molecule has 0 amide bonds. The fraction of sp³-hybridized carbons (Fsp3) is 0.442. The van der Waals surface area contributed by atoms with E-state index in [2.05, 4.69) is 312 Å². The van der Waals surface area contributed by atoms with Crippen molar-refractivity contribution in [3.8, 4) is 44.5 Å². The zero-order valence-corrected chi connectivity index (χ0v) is 63.1. The van der Waals surface area contributed by atoms with Gasteiger partial charge < -0.3 is 0 Å². The van der Waals surface area contributed by atoms with Gasteiger partial charge in [-0.3, -0.25) is 0 Å². The van der Waals surface area contributed by atoms with E-state index in [4.69, 9.17) is 0 Å². The van der Waals surface area contributed by atoms with Crippen molar-refractivity contribution in [3.63, 3.8) is 0 Å². The summed E-state index contributed by atoms with van der Waals surface area (Å²) < 4.78 is 0. The molecule has 0 radical (unpaired) electrons. The molecule has 0 unspecified atom stereocenters. The van der Waals surface area contributed by atoms with Gasteiger partial charge in [-0.2, -0.15) is 0 Å². The summed E-state index contributed by atoms with van der Waals surface area (Å²) in [6, 6.07) is 56.1. The minimum atomic E-state index is 0.428. The Balaban J connectivity index is 0.000000256. The molecule has 0 heterocycles. The van der Waals surface area contributed by atoms with Gasteiger partial charge >= 0.3 is 0 Å². The van der Waals surface area contributed by atoms with E-state index in [1.165, 1.54) is 132 Å². The van der Waals surface area contributed by atoms with Crippen LogP contribution in [0, 0.1) is 0 Å². The van der Waals surface area contributed by atoms with E-state index < -0.39 is 0 Å². The van der Waals surface area contributed by atoms with Crippen LogP contribution in [-0.4, -0.2) is 0 Å². The standard InChI is InChI=1S/2C43H56S2/c2*1-26(2)33-21-37(28(5)6)41(38(22-33)29(7)8)35-19-16-20-36(43(35)45-44-25-32-17-14-13-15-18-32)42-39(30(9)10)23-34(27(3)4)24-40(42)31(11)12/h2*13-24,26-31H,25H2,1-12H3. The lowest BCUT2D eigenvalue weighted by Gasteiger charge is -2.28. The average Bonchev–Trinajstić information content (AvgIpc) is 0.765. The van der Waals surface area contributed by atoms with Crippen LogP contribution in [-0.2, 0) is 11.5 Å².